The Hall–Kier alpha value is -2.93. The Balaban J connectivity index is 2.06. The van der Waals surface area contributed by atoms with E-state index in [1.165, 1.54) is 24.3 Å². The van der Waals surface area contributed by atoms with Crippen LogP contribution in [0.25, 0.3) is 0 Å². The highest BCUT2D eigenvalue weighted by Gasteiger charge is 2.44. The molecule has 124 valence electrons. The number of aliphatic hydroxyl groups is 1. The largest absolute Gasteiger partial charge is 0.503 e. The minimum absolute atomic E-state index is 0.0148. The van der Waals surface area contributed by atoms with Gasteiger partial charge in [-0.2, -0.15) is 0 Å². The zero-order chi connectivity index (χ0) is 17.1. The third kappa shape index (κ3) is 2.69. The van der Waals surface area contributed by atoms with Gasteiger partial charge in [-0.05, 0) is 23.8 Å². The molecule has 0 spiro atoms. The van der Waals surface area contributed by atoms with E-state index in [1.807, 2.05) is 0 Å². The van der Waals surface area contributed by atoms with E-state index >= 15 is 0 Å². The fraction of sp³-hybridized carbons (Fsp3) is 0.235. The van der Waals surface area contributed by atoms with Crippen LogP contribution in [-0.2, 0) is 9.53 Å². The van der Waals surface area contributed by atoms with Gasteiger partial charge in [-0.1, -0.05) is 6.07 Å². The van der Waals surface area contributed by atoms with Gasteiger partial charge in [0.25, 0.3) is 5.91 Å². The van der Waals surface area contributed by atoms with E-state index in [2.05, 4.69) is 4.98 Å². The van der Waals surface area contributed by atoms with Crippen LogP contribution in [0, 0.1) is 0 Å². The van der Waals surface area contributed by atoms with E-state index in [0.717, 1.165) is 0 Å². The second-order valence-electron chi connectivity index (χ2n) is 5.25. The Labute approximate surface area is 138 Å². The van der Waals surface area contributed by atoms with Crippen molar-refractivity contribution < 1.29 is 23.8 Å². The van der Waals surface area contributed by atoms with Gasteiger partial charge in [-0.25, -0.2) is 0 Å². The van der Waals surface area contributed by atoms with Crippen molar-refractivity contribution in [3.05, 3.63) is 65.6 Å². The molecule has 1 amide bonds. The number of carbonyl (C=O) groups is 2. The second kappa shape index (κ2) is 6.67. The number of nitrogens with zero attached hydrogens (tertiary/aromatic N) is 2. The summed E-state index contributed by atoms with van der Waals surface area (Å²) in [6.45, 7) is 0.506. The number of Topliss-reactive ketones (excluding diaryl/α,β-unsaturated/α-hetero) is 1. The third-order valence-electron chi connectivity index (χ3n) is 3.83. The summed E-state index contributed by atoms with van der Waals surface area (Å²) in [5, 5.41) is 10.3. The number of aromatic nitrogens is 1. The molecule has 0 bridgehead atoms. The summed E-state index contributed by atoms with van der Waals surface area (Å²) in [7, 11) is 1.52. The van der Waals surface area contributed by atoms with E-state index in [1.54, 1.807) is 30.6 Å². The summed E-state index contributed by atoms with van der Waals surface area (Å²) in [4.78, 5) is 30.6. The molecular weight excluding hydrogens is 312 g/mol. The summed E-state index contributed by atoms with van der Waals surface area (Å²) in [6, 6.07) is 5.78. The molecule has 3 rings (SSSR count). The van der Waals surface area contributed by atoms with Crippen molar-refractivity contribution in [1.29, 1.82) is 0 Å². The first-order chi connectivity index (χ1) is 11.6. The molecule has 1 N–H and O–H groups in total. The Kier molecular flexibility index (Phi) is 4.43. The van der Waals surface area contributed by atoms with E-state index < -0.39 is 23.5 Å². The summed E-state index contributed by atoms with van der Waals surface area (Å²) >= 11 is 0. The van der Waals surface area contributed by atoms with Crippen molar-refractivity contribution >= 4 is 11.7 Å². The Bertz CT molecular complexity index is 768. The van der Waals surface area contributed by atoms with Gasteiger partial charge >= 0.3 is 0 Å². The topological polar surface area (TPSA) is 92.9 Å². The Morgan fingerprint density at radius 2 is 2.25 bits per heavy atom. The molecule has 0 saturated carbocycles. The zero-order valence-corrected chi connectivity index (χ0v) is 13.0. The maximum atomic E-state index is 12.7. The predicted molar refractivity (Wildman–Crippen MR) is 83.3 cm³/mol. The summed E-state index contributed by atoms with van der Waals surface area (Å²) < 4.78 is 10.2. The minimum Gasteiger partial charge on any atom is -0.503 e. The molecule has 3 heterocycles. The first-order valence-corrected chi connectivity index (χ1v) is 7.36. The molecule has 0 aliphatic carbocycles. The standard InChI is InChI=1S/C17H16N2O5/c1-23-9-7-19-14(11-4-2-6-18-10-11)13(16(21)17(19)22)15(20)12-5-3-8-24-12/h2-6,8,10,14,21H,7,9H2,1H3/t14-/m1/s1. The lowest BCUT2D eigenvalue weighted by Gasteiger charge is -2.26. The van der Waals surface area contributed by atoms with Crippen LogP contribution in [0.15, 0.2) is 58.7 Å². The fourth-order valence-electron chi connectivity index (χ4n) is 2.73. The monoisotopic (exact) mass is 328 g/mol. The molecule has 7 nitrogen and oxygen atoms in total. The van der Waals surface area contributed by atoms with Gasteiger partial charge in [0.2, 0.25) is 5.78 Å². The van der Waals surface area contributed by atoms with Crippen LogP contribution >= 0.6 is 0 Å². The van der Waals surface area contributed by atoms with Gasteiger partial charge in [0.05, 0.1) is 24.5 Å². The fourth-order valence-corrected chi connectivity index (χ4v) is 2.73. The number of pyridine rings is 1. The molecule has 1 aliphatic heterocycles. The molecule has 2 aromatic rings. The molecule has 24 heavy (non-hydrogen) atoms. The van der Waals surface area contributed by atoms with Crippen LogP contribution in [0.4, 0.5) is 0 Å². The van der Waals surface area contributed by atoms with E-state index in [9.17, 15) is 14.7 Å². The molecule has 0 unspecified atom stereocenters. The van der Waals surface area contributed by atoms with Gasteiger partial charge in [-0.15, -0.1) is 0 Å². The average molecular weight is 328 g/mol. The van der Waals surface area contributed by atoms with Crippen molar-refractivity contribution in [2.45, 2.75) is 6.04 Å². The second-order valence-corrected chi connectivity index (χ2v) is 5.25. The van der Waals surface area contributed by atoms with Crippen molar-refractivity contribution in [2.75, 3.05) is 20.3 Å². The van der Waals surface area contributed by atoms with Crippen LogP contribution in [-0.4, -0.2) is 46.9 Å². The summed E-state index contributed by atoms with van der Waals surface area (Å²) in [5.74, 6) is -1.65. The summed E-state index contributed by atoms with van der Waals surface area (Å²) in [5.41, 5.74) is 0.611. The molecule has 0 radical (unpaired) electrons. The zero-order valence-electron chi connectivity index (χ0n) is 13.0. The smallest absolute Gasteiger partial charge is 0.290 e. The van der Waals surface area contributed by atoms with Gasteiger partial charge < -0.3 is 19.2 Å². The number of methoxy groups -OCH3 is 1. The van der Waals surface area contributed by atoms with Crippen molar-refractivity contribution in [3.8, 4) is 0 Å². The van der Waals surface area contributed by atoms with Gasteiger partial charge in [-0.3, -0.25) is 14.6 Å². The van der Waals surface area contributed by atoms with Gasteiger partial charge in [0.15, 0.2) is 11.5 Å². The normalized spacial score (nSPS) is 17.6. The Morgan fingerprint density at radius 1 is 1.42 bits per heavy atom. The van der Waals surface area contributed by atoms with Crippen LogP contribution in [0.3, 0.4) is 0 Å². The lowest BCUT2D eigenvalue weighted by molar-refractivity contribution is -0.130. The minimum atomic E-state index is -0.737. The van der Waals surface area contributed by atoms with E-state index in [-0.39, 0.29) is 24.5 Å². The van der Waals surface area contributed by atoms with Crippen LogP contribution in [0.5, 0.6) is 0 Å². The average Bonchev–Trinajstić information content (AvgIpc) is 3.22. The van der Waals surface area contributed by atoms with Crippen LogP contribution < -0.4 is 0 Å². The SMILES string of the molecule is COCCN1C(=O)C(O)=C(C(=O)c2ccco2)[C@H]1c1cccnc1. The number of hydrogen-bond donors (Lipinski definition) is 1. The number of ketones is 1. The third-order valence-corrected chi connectivity index (χ3v) is 3.83. The molecule has 1 aliphatic rings. The lowest BCUT2D eigenvalue weighted by Crippen LogP contribution is -2.34. The van der Waals surface area contributed by atoms with Crippen LogP contribution in [0.2, 0.25) is 0 Å². The maximum absolute atomic E-state index is 12.7. The van der Waals surface area contributed by atoms with E-state index in [0.29, 0.717) is 5.56 Å². The van der Waals surface area contributed by atoms with Crippen molar-refractivity contribution in [2.24, 2.45) is 0 Å². The number of rotatable bonds is 6. The maximum Gasteiger partial charge on any atom is 0.290 e. The first-order valence-electron chi connectivity index (χ1n) is 7.36. The Morgan fingerprint density at radius 3 is 2.88 bits per heavy atom. The van der Waals surface area contributed by atoms with Crippen LogP contribution in [0.1, 0.15) is 22.2 Å². The molecule has 0 saturated heterocycles. The number of amides is 1. The first kappa shape index (κ1) is 15.9. The van der Waals surface area contributed by atoms with Crippen molar-refractivity contribution in [3.63, 3.8) is 0 Å². The van der Waals surface area contributed by atoms with Gasteiger partial charge in [0, 0.05) is 26.0 Å². The van der Waals surface area contributed by atoms with Gasteiger partial charge in [0.1, 0.15) is 0 Å². The quantitative estimate of drug-likeness (QED) is 0.814. The highest BCUT2D eigenvalue weighted by molar-refractivity contribution is 6.14. The number of hydrogen-bond acceptors (Lipinski definition) is 6. The summed E-state index contributed by atoms with van der Waals surface area (Å²) in [6.07, 6.45) is 4.52. The van der Waals surface area contributed by atoms with E-state index in [4.69, 9.17) is 9.15 Å². The molecule has 0 fully saturated rings. The molecule has 0 aromatic carbocycles. The van der Waals surface area contributed by atoms with Crippen molar-refractivity contribution in [1.82, 2.24) is 9.88 Å². The molecular formula is C17H16N2O5. The highest BCUT2D eigenvalue weighted by Crippen LogP contribution is 2.38. The number of furan rings is 1. The molecule has 1 atom stereocenters. The lowest BCUT2D eigenvalue weighted by atomic mass is 9.96. The number of ether oxygens (including phenoxy) is 1. The predicted octanol–water partition coefficient (Wildman–Crippen LogP) is 1.90. The highest BCUT2D eigenvalue weighted by atomic mass is 16.5. The number of aliphatic hydroxyl groups excluding tert-OH is 1. The molecule has 7 heteroatoms. The molecule has 2 aromatic heterocycles. The number of carbonyl (C=O) groups excluding carboxylic acids is 2.